The van der Waals surface area contributed by atoms with Crippen molar-refractivity contribution in [2.75, 3.05) is 0 Å². The normalized spacial score (nSPS) is 19.2. The molecule has 1 aromatic rings. The fraction of sp³-hybridized carbons (Fsp3) is 0.200. The molecule has 1 aliphatic rings. The highest BCUT2D eigenvalue weighted by Gasteiger charge is 2.18. The number of hydrogen-bond acceptors (Lipinski definition) is 5. The topological polar surface area (TPSA) is 48.4 Å². The van der Waals surface area contributed by atoms with Crippen LogP contribution in [0.3, 0.4) is 0 Å². The summed E-state index contributed by atoms with van der Waals surface area (Å²) in [6.45, 7) is 0.346. The fourth-order valence-electron chi connectivity index (χ4n) is 1.09. The Hall–Kier alpha value is -1.62. The Kier molecular flexibility index (Phi) is 3.14. The van der Waals surface area contributed by atoms with Crippen molar-refractivity contribution >= 4 is 17.6 Å². The summed E-state index contributed by atoms with van der Waals surface area (Å²) in [5.74, 6) is 0.461. The third-order valence-corrected chi connectivity index (χ3v) is 2.52. The molecule has 0 saturated heterocycles. The Morgan fingerprint density at radius 2 is 2.60 bits per heavy atom. The molecular formula is C10H8NO3S. The van der Waals surface area contributed by atoms with E-state index in [1.165, 1.54) is 17.6 Å². The predicted octanol–water partition coefficient (Wildman–Crippen LogP) is 1.57. The zero-order valence-corrected chi connectivity index (χ0v) is 8.57. The van der Waals surface area contributed by atoms with Gasteiger partial charge in [0.25, 0.3) is 6.29 Å². The Labute approximate surface area is 90.8 Å². The smallest absolute Gasteiger partial charge is 0.251 e. The van der Waals surface area contributed by atoms with Crippen LogP contribution in [-0.4, -0.2) is 17.4 Å². The maximum absolute atomic E-state index is 10.5. The van der Waals surface area contributed by atoms with Crippen LogP contribution >= 0.6 is 11.3 Å². The van der Waals surface area contributed by atoms with E-state index >= 15 is 0 Å². The van der Waals surface area contributed by atoms with Crippen molar-refractivity contribution in [1.29, 1.82) is 0 Å². The third-order valence-electron chi connectivity index (χ3n) is 1.76. The van der Waals surface area contributed by atoms with Crippen LogP contribution in [0.25, 0.3) is 0 Å². The lowest BCUT2D eigenvalue weighted by molar-refractivity contribution is 0.109. The molecule has 2 rings (SSSR count). The van der Waals surface area contributed by atoms with Crippen molar-refractivity contribution < 1.29 is 14.3 Å². The van der Waals surface area contributed by atoms with E-state index < -0.39 is 6.10 Å². The first-order valence-corrected chi connectivity index (χ1v) is 5.19. The molecule has 15 heavy (non-hydrogen) atoms. The van der Waals surface area contributed by atoms with Crippen molar-refractivity contribution in [3.8, 4) is 0 Å². The van der Waals surface area contributed by atoms with Crippen molar-refractivity contribution in [2.24, 2.45) is 0 Å². The van der Waals surface area contributed by atoms with Crippen molar-refractivity contribution in [1.82, 2.24) is 4.98 Å². The summed E-state index contributed by atoms with van der Waals surface area (Å²) < 4.78 is 10.4. The lowest BCUT2D eigenvalue weighted by Crippen LogP contribution is -2.18. The van der Waals surface area contributed by atoms with Crippen LogP contribution in [0.5, 0.6) is 0 Å². The van der Waals surface area contributed by atoms with E-state index in [9.17, 15) is 4.79 Å². The molecule has 0 bridgehead atoms. The maximum atomic E-state index is 10.5. The summed E-state index contributed by atoms with van der Waals surface area (Å²) in [5.41, 5.74) is 0. The molecule has 1 aromatic heterocycles. The van der Waals surface area contributed by atoms with Gasteiger partial charge in [0.15, 0.2) is 0 Å². The summed E-state index contributed by atoms with van der Waals surface area (Å²) in [5, 5.41) is 2.73. The first-order chi connectivity index (χ1) is 7.40. The van der Waals surface area contributed by atoms with Gasteiger partial charge in [-0.2, -0.15) is 0 Å². The summed E-state index contributed by atoms with van der Waals surface area (Å²) in [7, 11) is 0. The van der Waals surface area contributed by atoms with Crippen molar-refractivity contribution in [2.45, 2.75) is 12.7 Å². The van der Waals surface area contributed by atoms with Gasteiger partial charge in [-0.05, 0) is 12.2 Å². The third kappa shape index (κ3) is 2.44. The van der Waals surface area contributed by atoms with Gasteiger partial charge >= 0.3 is 0 Å². The number of aromatic nitrogens is 1. The van der Waals surface area contributed by atoms with Crippen molar-refractivity contribution in [3.63, 3.8) is 0 Å². The molecule has 77 valence electrons. The number of thiazole rings is 1. The Bertz CT molecular complexity index is 383. The molecular weight excluding hydrogens is 214 g/mol. The first-order valence-electron chi connectivity index (χ1n) is 4.31. The molecule has 0 amide bonds. The molecule has 0 spiro atoms. The molecule has 0 saturated carbocycles. The summed E-state index contributed by atoms with van der Waals surface area (Å²) >= 11 is 1.50. The Morgan fingerprint density at radius 3 is 3.33 bits per heavy atom. The molecule has 1 unspecified atom stereocenters. The molecule has 0 fully saturated rings. The average molecular weight is 222 g/mol. The number of hydrogen-bond donors (Lipinski definition) is 0. The van der Waals surface area contributed by atoms with E-state index in [1.54, 1.807) is 24.6 Å². The zero-order valence-electron chi connectivity index (χ0n) is 7.75. The number of rotatable bonds is 4. The van der Waals surface area contributed by atoms with Crippen LogP contribution in [0.4, 0.5) is 0 Å². The van der Waals surface area contributed by atoms with E-state index in [0.29, 0.717) is 12.4 Å². The minimum Gasteiger partial charge on any atom is -0.486 e. The van der Waals surface area contributed by atoms with E-state index in [-0.39, 0.29) is 0 Å². The second-order valence-corrected chi connectivity index (χ2v) is 3.73. The highest BCUT2D eigenvalue weighted by Crippen LogP contribution is 2.15. The van der Waals surface area contributed by atoms with E-state index in [0.717, 1.165) is 5.01 Å². The Morgan fingerprint density at radius 1 is 1.67 bits per heavy atom. The summed E-state index contributed by atoms with van der Waals surface area (Å²) in [6, 6.07) is 0. The van der Waals surface area contributed by atoms with E-state index in [4.69, 9.17) is 9.47 Å². The summed E-state index contributed by atoms with van der Waals surface area (Å²) in [6.07, 6.45) is 7.50. The molecule has 1 aliphatic heterocycles. The number of carbonyl (C=O) groups excluding carboxylic acids is 1. The summed E-state index contributed by atoms with van der Waals surface area (Å²) in [4.78, 5) is 14.6. The van der Waals surface area contributed by atoms with Crippen LogP contribution in [0, 0.1) is 0 Å². The van der Waals surface area contributed by atoms with Gasteiger partial charge in [0.1, 0.15) is 17.4 Å². The number of ether oxygens (including phenoxy) is 2. The minimum absolute atomic E-state index is 0.346. The van der Waals surface area contributed by atoms with Crippen LogP contribution < -0.4 is 0 Å². The predicted molar refractivity (Wildman–Crippen MR) is 54.7 cm³/mol. The SMILES string of the molecule is O=[C]C1OC=CC=C1OCc1nccs1. The fourth-order valence-corrected chi connectivity index (χ4v) is 1.62. The van der Waals surface area contributed by atoms with Gasteiger partial charge in [-0.1, -0.05) is 0 Å². The zero-order chi connectivity index (χ0) is 10.5. The van der Waals surface area contributed by atoms with Crippen LogP contribution in [0.15, 0.2) is 35.8 Å². The monoisotopic (exact) mass is 222 g/mol. The highest BCUT2D eigenvalue weighted by atomic mass is 32.1. The second kappa shape index (κ2) is 4.75. The quantitative estimate of drug-likeness (QED) is 0.775. The Balaban J connectivity index is 1.95. The molecule has 5 heteroatoms. The van der Waals surface area contributed by atoms with Crippen LogP contribution in [-0.2, 0) is 20.9 Å². The molecule has 0 aliphatic carbocycles. The van der Waals surface area contributed by atoms with Gasteiger partial charge in [-0.3, -0.25) is 4.79 Å². The number of allylic oxidation sites excluding steroid dienone is 2. The van der Waals surface area contributed by atoms with Gasteiger partial charge in [0.2, 0.25) is 6.10 Å². The molecule has 4 nitrogen and oxygen atoms in total. The van der Waals surface area contributed by atoms with Gasteiger partial charge < -0.3 is 9.47 Å². The molecule has 1 atom stereocenters. The molecule has 1 radical (unpaired) electrons. The van der Waals surface area contributed by atoms with Gasteiger partial charge in [-0.15, -0.1) is 11.3 Å². The highest BCUT2D eigenvalue weighted by molar-refractivity contribution is 7.09. The molecule has 0 N–H and O–H groups in total. The first kappa shape index (κ1) is 9.92. The van der Waals surface area contributed by atoms with Crippen molar-refractivity contribution in [3.05, 3.63) is 40.8 Å². The molecule has 2 heterocycles. The lowest BCUT2D eigenvalue weighted by atomic mass is 10.2. The van der Waals surface area contributed by atoms with Gasteiger partial charge in [0.05, 0.1) is 6.26 Å². The minimum atomic E-state index is -0.755. The van der Waals surface area contributed by atoms with E-state index in [2.05, 4.69) is 4.98 Å². The second-order valence-electron chi connectivity index (χ2n) is 2.75. The standard InChI is InChI=1S/C10H8NO3S/c12-6-9-8(2-1-4-13-9)14-7-10-11-3-5-15-10/h1-5,9H,7H2. The van der Waals surface area contributed by atoms with Crippen LogP contribution in [0.2, 0.25) is 0 Å². The van der Waals surface area contributed by atoms with Gasteiger partial charge in [0, 0.05) is 11.6 Å². The molecule has 0 aromatic carbocycles. The van der Waals surface area contributed by atoms with Gasteiger partial charge in [-0.25, -0.2) is 4.98 Å². The average Bonchev–Trinajstić information content (AvgIpc) is 2.79. The van der Waals surface area contributed by atoms with E-state index in [1.807, 2.05) is 5.38 Å². The maximum Gasteiger partial charge on any atom is 0.251 e. The van der Waals surface area contributed by atoms with Crippen LogP contribution in [0.1, 0.15) is 5.01 Å². The largest absolute Gasteiger partial charge is 0.486 e. The lowest BCUT2D eigenvalue weighted by Gasteiger charge is -2.16. The number of nitrogens with zero attached hydrogens (tertiary/aromatic N) is 1.